The van der Waals surface area contributed by atoms with Crippen LogP contribution in [-0.4, -0.2) is 65.5 Å². The first-order valence-corrected chi connectivity index (χ1v) is 12.9. The van der Waals surface area contributed by atoms with Crippen molar-refractivity contribution in [3.8, 4) is 5.75 Å². The molecule has 1 fully saturated rings. The van der Waals surface area contributed by atoms with Crippen molar-refractivity contribution in [1.29, 1.82) is 0 Å². The molecule has 2 aromatic rings. The molecule has 1 amide bonds. The highest BCUT2D eigenvalue weighted by Crippen LogP contribution is 2.16. The molecule has 1 heterocycles. The second-order valence-corrected chi connectivity index (χ2v) is 8.75. The van der Waals surface area contributed by atoms with Crippen molar-refractivity contribution in [2.75, 3.05) is 57.8 Å². The third-order valence-electron chi connectivity index (χ3n) is 5.73. The SMILES string of the molecule is C=c1cc(OCCOC)cc(F)/c1=C(/N=C\C)Nc1ccc(NC(=O)CC=O)cc1.CNCC1CCOCC1. The van der Waals surface area contributed by atoms with Crippen LogP contribution in [0.15, 0.2) is 41.4 Å². The van der Waals surface area contributed by atoms with Gasteiger partial charge in [0.05, 0.1) is 18.2 Å². The number of hydrogen-bond donors (Lipinski definition) is 3. The number of anilines is 2. The van der Waals surface area contributed by atoms with Gasteiger partial charge < -0.3 is 35.0 Å². The van der Waals surface area contributed by atoms with E-state index in [1.54, 1.807) is 44.4 Å². The number of nitrogens with zero attached hydrogens (tertiary/aromatic N) is 1. The highest BCUT2D eigenvalue weighted by atomic mass is 19.1. The maximum Gasteiger partial charge on any atom is 0.231 e. The number of rotatable bonds is 12. The maximum atomic E-state index is 14.8. The van der Waals surface area contributed by atoms with Crippen LogP contribution in [0.1, 0.15) is 26.2 Å². The van der Waals surface area contributed by atoms with Crippen LogP contribution in [0, 0.1) is 11.7 Å². The molecule has 0 aromatic heterocycles. The fourth-order valence-corrected chi connectivity index (χ4v) is 3.82. The second-order valence-electron chi connectivity index (χ2n) is 8.75. The molecule has 0 spiro atoms. The summed E-state index contributed by atoms with van der Waals surface area (Å²) in [5.74, 6) is 0.573. The smallest absolute Gasteiger partial charge is 0.231 e. The quantitative estimate of drug-likeness (QED) is 0.164. The van der Waals surface area contributed by atoms with Crippen LogP contribution in [0.4, 0.5) is 15.8 Å². The predicted octanol–water partition coefficient (Wildman–Crippen LogP) is 2.69. The summed E-state index contributed by atoms with van der Waals surface area (Å²) in [5, 5.41) is 9.47. The number of carbonyl (C=O) groups excluding carboxylic acids is 2. The molecule has 1 aliphatic rings. The number of halogens is 1. The van der Waals surface area contributed by atoms with Gasteiger partial charge in [-0.05, 0) is 74.8 Å². The standard InChI is InChI=1S/C22H24FN3O4.C7H15NO/c1-4-24-22(21-15(2)13-18(14-19(21)23)30-12-11-29-3)26-17-7-5-16(6-8-17)25-20(28)9-10-27;1-8-6-7-2-4-9-5-3-7/h4-8,10,13-14,26H,2,9,11-12H2,1,3H3,(H,25,28);7-8H,2-6H2,1H3/b22-21-,24-4-;. The molecule has 0 unspecified atom stereocenters. The molecule has 0 atom stereocenters. The van der Waals surface area contributed by atoms with Gasteiger partial charge in [-0.15, -0.1) is 0 Å². The molecule has 2 aromatic carbocycles. The fraction of sp³-hybridized carbons (Fsp3) is 0.414. The van der Waals surface area contributed by atoms with Crippen molar-refractivity contribution in [2.24, 2.45) is 10.9 Å². The topological polar surface area (TPSA) is 110 Å². The average Bonchev–Trinajstić information content (AvgIpc) is 2.91. The van der Waals surface area contributed by atoms with Crippen molar-refractivity contribution in [2.45, 2.75) is 26.2 Å². The molecular formula is C29H39FN4O5. The van der Waals surface area contributed by atoms with Gasteiger partial charge in [0.2, 0.25) is 5.91 Å². The third kappa shape index (κ3) is 11.4. The van der Waals surface area contributed by atoms with Crippen LogP contribution in [-0.2, 0) is 19.1 Å². The molecule has 9 nitrogen and oxygen atoms in total. The molecular weight excluding hydrogens is 503 g/mol. The van der Waals surface area contributed by atoms with E-state index in [1.807, 2.05) is 7.05 Å². The Balaban J connectivity index is 0.000000499. The van der Waals surface area contributed by atoms with E-state index in [9.17, 15) is 14.0 Å². The lowest BCUT2D eigenvalue weighted by Gasteiger charge is -2.21. The Labute approximate surface area is 229 Å². The molecule has 212 valence electrons. The van der Waals surface area contributed by atoms with Crippen molar-refractivity contribution in [3.05, 3.63) is 52.7 Å². The summed E-state index contributed by atoms with van der Waals surface area (Å²) < 4.78 is 30.4. The lowest BCUT2D eigenvalue weighted by Crippen LogP contribution is -2.31. The number of aliphatic imine (C=N–C) groups is 1. The van der Waals surface area contributed by atoms with E-state index in [0.29, 0.717) is 41.8 Å². The minimum Gasteiger partial charge on any atom is -0.491 e. The summed E-state index contributed by atoms with van der Waals surface area (Å²) in [5.41, 5.74) is 1.16. The van der Waals surface area contributed by atoms with Crippen LogP contribution >= 0.6 is 0 Å². The lowest BCUT2D eigenvalue weighted by molar-refractivity contribution is -0.119. The minimum atomic E-state index is -0.527. The molecule has 1 aliphatic heterocycles. The third-order valence-corrected chi connectivity index (χ3v) is 5.73. The van der Waals surface area contributed by atoms with Crippen molar-refractivity contribution < 1.29 is 28.2 Å². The predicted molar refractivity (Wildman–Crippen MR) is 153 cm³/mol. The number of carbonyl (C=O) groups is 2. The van der Waals surface area contributed by atoms with E-state index in [4.69, 9.17) is 14.2 Å². The molecule has 3 rings (SSSR count). The normalized spacial score (nSPS) is 14.3. The van der Waals surface area contributed by atoms with E-state index < -0.39 is 11.7 Å². The lowest BCUT2D eigenvalue weighted by atomic mass is 10.0. The fourth-order valence-electron chi connectivity index (χ4n) is 3.82. The zero-order valence-corrected chi connectivity index (χ0v) is 22.9. The Morgan fingerprint density at radius 2 is 1.82 bits per heavy atom. The van der Waals surface area contributed by atoms with Crippen LogP contribution in [0.5, 0.6) is 5.75 Å². The van der Waals surface area contributed by atoms with Gasteiger partial charge in [-0.2, -0.15) is 0 Å². The van der Waals surface area contributed by atoms with Crippen molar-refractivity contribution >= 4 is 42.2 Å². The summed E-state index contributed by atoms with van der Waals surface area (Å²) in [7, 11) is 3.57. The van der Waals surface area contributed by atoms with Gasteiger partial charge in [0.15, 0.2) is 0 Å². The van der Waals surface area contributed by atoms with E-state index in [2.05, 4.69) is 27.5 Å². The number of ether oxygens (including phenoxy) is 3. The summed E-state index contributed by atoms with van der Waals surface area (Å²) in [6, 6.07) is 9.62. The monoisotopic (exact) mass is 542 g/mol. The number of nitrogens with one attached hydrogen (secondary N) is 3. The number of methoxy groups -OCH3 is 1. The second kappa shape index (κ2) is 17.8. The van der Waals surface area contributed by atoms with Crippen molar-refractivity contribution in [3.63, 3.8) is 0 Å². The number of hydrogen-bond acceptors (Lipinski definition) is 8. The Morgan fingerprint density at radius 1 is 1.15 bits per heavy atom. The Morgan fingerprint density at radius 3 is 2.38 bits per heavy atom. The molecule has 0 saturated carbocycles. The van der Waals surface area contributed by atoms with Gasteiger partial charge in [0.25, 0.3) is 0 Å². The van der Waals surface area contributed by atoms with E-state index in [0.717, 1.165) is 25.7 Å². The molecule has 10 heteroatoms. The van der Waals surface area contributed by atoms with E-state index >= 15 is 0 Å². The number of aldehydes is 1. The highest BCUT2D eigenvalue weighted by Gasteiger charge is 2.11. The van der Waals surface area contributed by atoms with Crippen LogP contribution in [0.2, 0.25) is 0 Å². The molecule has 0 radical (unpaired) electrons. The van der Waals surface area contributed by atoms with Crippen molar-refractivity contribution in [1.82, 2.24) is 5.32 Å². The van der Waals surface area contributed by atoms with Gasteiger partial charge in [-0.1, -0.05) is 6.58 Å². The molecule has 0 aliphatic carbocycles. The van der Waals surface area contributed by atoms with Crippen LogP contribution in [0.25, 0.3) is 12.4 Å². The van der Waals surface area contributed by atoms with Gasteiger partial charge in [-0.25, -0.2) is 9.38 Å². The first-order chi connectivity index (χ1) is 18.9. The Bertz CT molecular complexity index is 1180. The molecule has 3 N–H and O–H groups in total. The maximum absolute atomic E-state index is 14.8. The summed E-state index contributed by atoms with van der Waals surface area (Å²) >= 11 is 0. The first-order valence-electron chi connectivity index (χ1n) is 12.9. The van der Waals surface area contributed by atoms with Crippen LogP contribution in [0.3, 0.4) is 0 Å². The molecule has 1 saturated heterocycles. The zero-order chi connectivity index (χ0) is 28.5. The molecule has 0 bridgehead atoms. The minimum absolute atomic E-state index is 0.208. The average molecular weight is 543 g/mol. The summed E-state index contributed by atoms with van der Waals surface area (Å²) in [6.45, 7) is 9.41. The number of benzene rings is 2. The van der Waals surface area contributed by atoms with Gasteiger partial charge in [-0.3, -0.25) is 4.79 Å². The first kappa shape index (κ1) is 31.6. The molecule has 39 heavy (non-hydrogen) atoms. The number of amides is 1. The van der Waals surface area contributed by atoms with Gasteiger partial charge in [0, 0.05) is 44.0 Å². The zero-order valence-electron chi connectivity index (χ0n) is 22.9. The summed E-state index contributed by atoms with van der Waals surface area (Å²) in [4.78, 5) is 26.1. The van der Waals surface area contributed by atoms with E-state index in [-0.39, 0.29) is 17.5 Å². The van der Waals surface area contributed by atoms with Gasteiger partial charge >= 0.3 is 0 Å². The van der Waals surface area contributed by atoms with Gasteiger partial charge in [0.1, 0.15) is 30.3 Å². The largest absolute Gasteiger partial charge is 0.491 e. The Hall–Kier alpha value is -3.60. The van der Waals surface area contributed by atoms with E-state index in [1.165, 1.54) is 25.1 Å². The van der Waals surface area contributed by atoms with Crippen LogP contribution < -0.4 is 31.1 Å². The summed E-state index contributed by atoms with van der Waals surface area (Å²) in [6.07, 6.45) is 4.34. The highest BCUT2D eigenvalue weighted by molar-refractivity contribution is 5.98. The Kier molecular flexibility index (Phi) is 14.5.